The molecule has 5 nitrogen and oxygen atoms in total. The van der Waals surface area contributed by atoms with Crippen molar-refractivity contribution < 1.29 is 4.79 Å². The third kappa shape index (κ3) is 3.31. The fourth-order valence-corrected chi connectivity index (χ4v) is 3.95. The Kier molecular flexibility index (Phi) is 4.51. The van der Waals surface area contributed by atoms with Gasteiger partial charge in [-0.15, -0.1) is 0 Å². The fraction of sp³-hybridized carbons (Fsp3) is 0.217. The molecule has 28 heavy (non-hydrogen) atoms. The van der Waals surface area contributed by atoms with Crippen LogP contribution in [0.2, 0.25) is 0 Å². The molecule has 1 aliphatic rings. The summed E-state index contributed by atoms with van der Waals surface area (Å²) >= 11 is 0. The highest BCUT2D eigenvalue weighted by Gasteiger charge is 2.21. The SMILES string of the molecule is Cc1cc(-c2ccc3c(c2Cc2cccc(N)c2)CCC(=O)N3)cn(C)c1=O. The number of carbonyl (C=O) groups is 1. The number of rotatable bonds is 3. The largest absolute Gasteiger partial charge is 0.399 e. The number of pyridine rings is 1. The zero-order valence-corrected chi connectivity index (χ0v) is 16.1. The fourth-order valence-electron chi connectivity index (χ4n) is 3.95. The molecule has 0 unspecified atom stereocenters. The summed E-state index contributed by atoms with van der Waals surface area (Å²) in [5.74, 6) is 0.0492. The minimum Gasteiger partial charge on any atom is -0.399 e. The van der Waals surface area contributed by atoms with E-state index in [2.05, 4.69) is 11.4 Å². The molecule has 142 valence electrons. The monoisotopic (exact) mass is 373 g/mol. The van der Waals surface area contributed by atoms with Crippen LogP contribution in [0.5, 0.6) is 0 Å². The van der Waals surface area contributed by atoms with Crippen molar-refractivity contribution in [3.05, 3.63) is 81.3 Å². The van der Waals surface area contributed by atoms with Gasteiger partial charge in [0.2, 0.25) is 5.91 Å². The Balaban J connectivity index is 1.91. The predicted octanol–water partition coefficient (Wildman–Crippen LogP) is 3.42. The number of hydrogen-bond donors (Lipinski definition) is 2. The molecule has 3 N–H and O–H groups in total. The van der Waals surface area contributed by atoms with Crippen LogP contribution < -0.4 is 16.6 Å². The summed E-state index contributed by atoms with van der Waals surface area (Å²) in [5, 5.41) is 2.99. The van der Waals surface area contributed by atoms with E-state index < -0.39 is 0 Å². The van der Waals surface area contributed by atoms with E-state index in [1.807, 2.05) is 49.5 Å². The van der Waals surface area contributed by atoms with Crippen LogP contribution in [0.25, 0.3) is 11.1 Å². The van der Waals surface area contributed by atoms with Gasteiger partial charge in [-0.05, 0) is 71.8 Å². The van der Waals surface area contributed by atoms with Crippen LogP contribution in [0.15, 0.2) is 53.5 Å². The van der Waals surface area contributed by atoms with Gasteiger partial charge < -0.3 is 15.6 Å². The number of aryl methyl sites for hydroxylation is 2. The van der Waals surface area contributed by atoms with Crippen molar-refractivity contribution in [3.8, 4) is 11.1 Å². The summed E-state index contributed by atoms with van der Waals surface area (Å²) in [6.07, 6.45) is 3.77. The van der Waals surface area contributed by atoms with Crippen LogP contribution in [0.1, 0.15) is 28.7 Å². The van der Waals surface area contributed by atoms with Gasteiger partial charge in [-0.1, -0.05) is 18.2 Å². The number of amides is 1. The van der Waals surface area contributed by atoms with E-state index in [1.54, 1.807) is 11.6 Å². The number of hydrogen-bond acceptors (Lipinski definition) is 3. The zero-order valence-electron chi connectivity index (χ0n) is 16.1. The molecule has 0 saturated heterocycles. The summed E-state index contributed by atoms with van der Waals surface area (Å²) in [6.45, 7) is 1.84. The van der Waals surface area contributed by atoms with Crippen molar-refractivity contribution >= 4 is 17.3 Å². The lowest BCUT2D eigenvalue weighted by atomic mass is 9.87. The molecule has 1 amide bonds. The summed E-state index contributed by atoms with van der Waals surface area (Å²) in [6, 6.07) is 13.8. The second-order valence-electron chi connectivity index (χ2n) is 7.42. The predicted molar refractivity (Wildman–Crippen MR) is 112 cm³/mol. The number of nitrogen functional groups attached to an aromatic ring is 1. The van der Waals surface area contributed by atoms with Crippen LogP contribution >= 0.6 is 0 Å². The first kappa shape index (κ1) is 18.0. The van der Waals surface area contributed by atoms with Crippen LogP contribution in [-0.2, 0) is 24.7 Å². The van der Waals surface area contributed by atoms with Gasteiger partial charge in [0.1, 0.15) is 0 Å². The Hall–Kier alpha value is -3.34. The Morgan fingerprint density at radius 2 is 1.93 bits per heavy atom. The van der Waals surface area contributed by atoms with E-state index in [-0.39, 0.29) is 11.5 Å². The molecule has 2 heterocycles. The van der Waals surface area contributed by atoms with Gasteiger partial charge in [-0.25, -0.2) is 0 Å². The molecule has 0 radical (unpaired) electrons. The van der Waals surface area contributed by atoms with Crippen molar-refractivity contribution in [2.75, 3.05) is 11.1 Å². The maximum atomic E-state index is 12.1. The molecule has 1 aromatic heterocycles. The average molecular weight is 373 g/mol. The van der Waals surface area contributed by atoms with Gasteiger partial charge in [0, 0.05) is 36.6 Å². The van der Waals surface area contributed by atoms with E-state index in [9.17, 15) is 9.59 Å². The second kappa shape index (κ2) is 7.00. The van der Waals surface area contributed by atoms with Gasteiger partial charge in [0.15, 0.2) is 0 Å². The summed E-state index contributed by atoms with van der Waals surface area (Å²) in [7, 11) is 1.77. The number of nitrogens with one attached hydrogen (secondary N) is 1. The highest BCUT2D eigenvalue weighted by Crippen LogP contribution is 2.35. The number of nitrogens with zero attached hydrogens (tertiary/aromatic N) is 1. The number of carbonyl (C=O) groups excluding carboxylic acids is 1. The third-order valence-corrected chi connectivity index (χ3v) is 5.31. The molecule has 4 rings (SSSR count). The smallest absolute Gasteiger partial charge is 0.253 e. The first-order chi connectivity index (χ1) is 13.4. The van der Waals surface area contributed by atoms with Crippen molar-refractivity contribution in [1.29, 1.82) is 0 Å². The topological polar surface area (TPSA) is 77.1 Å². The van der Waals surface area contributed by atoms with Crippen molar-refractivity contribution in [1.82, 2.24) is 4.57 Å². The molecule has 2 aromatic carbocycles. The van der Waals surface area contributed by atoms with Gasteiger partial charge in [-0.3, -0.25) is 9.59 Å². The van der Waals surface area contributed by atoms with Crippen molar-refractivity contribution in [2.45, 2.75) is 26.2 Å². The lowest BCUT2D eigenvalue weighted by molar-refractivity contribution is -0.116. The highest BCUT2D eigenvalue weighted by molar-refractivity contribution is 5.95. The maximum absolute atomic E-state index is 12.1. The lowest BCUT2D eigenvalue weighted by Gasteiger charge is -2.23. The number of nitrogens with two attached hydrogens (primary N) is 1. The minimum atomic E-state index is 0.00589. The standard InChI is InChI=1S/C23H23N3O2/c1-14-10-16(13-26(2)23(14)28)18-6-8-21-19(7-9-22(27)25-21)20(18)12-15-4-3-5-17(24)11-15/h3-6,8,10-11,13H,7,9,12,24H2,1-2H3,(H,25,27). The van der Waals surface area contributed by atoms with E-state index >= 15 is 0 Å². The summed E-state index contributed by atoms with van der Waals surface area (Å²) in [4.78, 5) is 24.0. The molecule has 0 fully saturated rings. The molecular weight excluding hydrogens is 350 g/mol. The number of fused-ring (bicyclic) bond motifs is 1. The molecule has 1 aliphatic heterocycles. The molecule has 0 saturated carbocycles. The quantitative estimate of drug-likeness (QED) is 0.691. The molecule has 0 atom stereocenters. The Bertz CT molecular complexity index is 1120. The Morgan fingerprint density at radius 3 is 2.68 bits per heavy atom. The van der Waals surface area contributed by atoms with Crippen LogP contribution in [0, 0.1) is 6.92 Å². The minimum absolute atomic E-state index is 0.00589. The number of benzene rings is 2. The first-order valence-electron chi connectivity index (χ1n) is 9.39. The molecule has 0 aliphatic carbocycles. The average Bonchev–Trinajstić information content (AvgIpc) is 2.66. The van der Waals surface area contributed by atoms with Crippen LogP contribution in [-0.4, -0.2) is 10.5 Å². The van der Waals surface area contributed by atoms with Gasteiger partial charge in [-0.2, -0.15) is 0 Å². The normalized spacial score (nSPS) is 13.1. The highest BCUT2D eigenvalue weighted by atomic mass is 16.1. The van der Waals surface area contributed by atoms with Gasteiger partial charge >= 0.3 is 0 Å². The lowest BCUT2D eigenvalue weighted by Crippen LogP contribution is -2.21. The van der Waals surface area contributed by atoms with Crippen LogP contribution in [0.4, 0.5) is 11.4 Å². The maximum Gasteiger partial charge on any atom is 0.253 e. The number of aromatic nitrogens is 1. The Labute approximate surface area is 163 Å². The second-order valence-corrected chi connectivity index (χ2v) is 7.42. The first-order valence-corrected chi connectivity index (χ1v) is 9.39. The van der Waals surface area contributed by atoms with Gasteiger partial charge in [0.25, 0.3) is 5.56 Å². The molecule has 3 aromatic rings. The Morgan fingerprint density at radius 1 is 1.11 bits per heavy atom. The molecular formula is C23H23N3O2. The molecule has 0 bridgehead atoms. The molecule has 0 spiro atoms. The molecule has 5 heteroatoms. The van der Waals surface area contributed by atoms with E-state index in [0.717, 1.165) is 33.6 Å². The van der Waals surface area contributed by atoms with Crippen molar-refractivity contribution in [2.24, 2.45) is 7.05 Å². The van der Waals surface area contributed by atoms with Crippen molar-refractivity contribution in [3.63, 3.8) is 0 Å². The summed E-state index contributed by atoms with van der Waals surface area (Å²) in [5.41, 5.74) is 13.8. The van der Waals surface area contributed by atoms with E-state index in [4.69, 9.17) is 5.73 Å². The number of anilines is 2. The third-order valence-electron chi connectivity index (χ3n) is 5.31. The summed E-state index contributed by atoms with van der Waals surface area (Å²) < 4.78 is 1.62. The zero-order chi connectivity index (χ0) is 19.8. The van der Waals surface area contributed by atoms with Gasteiger partial charge in [0.05, 0.1) is 0 Å². The van der Waals surface area contributed by atoms with Crippen LogP contribution in [0.3, 0.4) is 0 Å². The van der Waals surface area contributed by atoms with E-state index in [1.165, 1.54) is 5.56 Å². The van der Waals surface area contributed by atoms with E-state index in [0.29, 0.717) is 24.8 Å².